The van der Waals surface area contributed by atoms with Crippen LogP contribution in [0.1, 0.15) is 51.5 Å². The summed E-state index contributed by atoms with van der Waals surface area (Å²) in [7, 11) is -3.36. The molecule has 0 saturated heterocycles. The fourth-order valence-electron chi connectivity index (χ4n) is 4.90. The van der Waals surface area contributed by atoms with E-state index in [0.29, 0.717) is 27.7 Å². The first-order valence-electron chi connectivity index (χ1n) is 12.0. The van der Waals surface area contributed by atoms with Gasteiger partial charge >= 0.3 is 0 Å². The Morgan fingerprint density at radius 3 is 2.54 bits per heavy atom. The van der Waals surface area contributed by atoms with Crippen molar-refractivity contribution in [1.29, 1.82) is 0 Å². The number of anilines is 1. The van der Waals surface area contributed by atoms with Gasteiger partial charge in [-0.15, -0.1) is 0 Å². The van der Waals surface area contributed by atoms with Crippen molar-refractivity contribution in [3.05, 3.63) is 87.3 Å². The van der Waals surface area contributed by atoms with Crippen LogP contribution < -0.4 is 16.2 Å². The molecular weight excluding hydrogens is 494 g/mol. The maximum absolute atomic E-state index is 13.6. The Kier molecular flexibility index (Phi) is 5.49. The molecule has 1 aliphatic carbocycles. The number of pyridine rings is 1. The number of amides is 2. The van der Waals surface area contributed by atoms with Crippen LogP contribution in [-0.4, -0.2) is 37.0 Å². The summed E-state index contributed by atoms with van der Waals surface area (Å²) in [5, 5.41) is 7.99. The number of hydrogen-bond donors (Lipinski definition) is 3. The Morgan fingerprint density at radius 1 is 1.00 bits per heavy atom. The predicted molar refractivity (Wildman–Crippen MR) is 140 cm³/mol. The maximum atomic E-state index is 13.6. The van der Waals surface area contributed by atoms with Crippen molar-refractivity contribution in [2.24, 2.45) is 0 Å². The van der Waals surface area contributed by atoms with Gasteiger partial charge in [0.1, 0.15) is 11.1 Å². The van der Waals surface area contributed by atoms with Gasteiger partial charge in [-0.1, -0.05) is 18.6 Å². The first-order chi connectivity index (χ1) is 17.8. The number of aromatic nitrogens is 1. The summed E-state index contributed by atoms with van der Waals surface area (Å²) in [4.78, 5) is 42.1. The predicted octanol–water partition coefficient (Wildman–Crippen LogP) is 3.83. The molecule has 2 aliphatic rings. The molecule has 0 bridgehead atoms. The minimum Gasteiger partial charge on any atom is -0.464 e. The largest absolute Gasteiger partial charge is 0.464 e. The van der Waals surface area contributed by atoms with Gasteiger partial charge in [-0.2, -0.15) is 0 Å². The number of carbonyl (C=O) groups excluding carboxylic acids is 2. The summed E-state index contributed by atoms with van der Waals surface area (Å²) in [6, 6.07) is 11.6. The standard InChI is InChI=1S/C27H23N3O6S/c31-25(29-19-9-11-37(34,35)14-19)21-12-17-5-7-20(15-2-1-3-15)23(24(17)30-26(21)32)27(33)28-18-6-4-16-8-10-36-22(16)13-18/h4-13,15,19H,1-3,14H2,(H,28,33)(H,29,31)(H,30,32)/t19-/m1/s1. The molecule has 2 aromatic carbocycles. The monoisotopic (exact) mass is 517 g/mol. The van der Waals surface area contributed by atoms with Gasteiger partial charge in [-0.25, -0.2) is 8.42 Å². The highest BCUT2D eigenvalue weighted by atomic mass is 32.2. The van der Waals surface area contributed by atoms with Crippen molar-refractivity contribution in [2.75, 3.05) is 11.1 Å². The lowest BCUT2D eigenvalue weighted by molar-refractivity contribution is 0.0945. The summed E-state index contributed by atoms with van der Waals surface area (Å²) >= 11 is 0. The van der Waals surface area contributed by atoms with Crippen LogP contribution in [-0.2, 0) is 9.84 Å². The van der Waals surface area contributed by atoms with E-state index in [9.17, 15) is 22.8 Å². The van der Waals surface area contributed by atoms with Gasteiger partial charge in [0.15, 0.2) is 9.84 Å². The lowest BCUT2D eigenvalue weighted by atomic mass is 9.77. The molecule has 1 atom stereocenters. The minimum absolute atomic E-state index is 0.156. The zero-order chi connectivity index (χ0) is 25.7. The Labute approximate surface area is 211 Å². The van der Waals surface area contributed by atoms with E-state index in [1.807, 2.05) is 18.2 Å². The van der Waals surface area contributed by atoms with E-state index in [0.717, 1.165) is 35.6 Å². The molecule has 0 radical (unpaired) electrons. The molecule has 0 spiro atoms. The molecule has 3 heterocycles. The third-order valence-electron chi connectivity index (χ3n) is 7.03. The number of fused-ring (bicyclic) bond motifs is 2. The third kappa shape index (κ3) is 4.33. The van der Waals surface area contributed by atoms with Gasteiger partial charge in [0, 0.05) is 22.5 Å². The van der Waals surface area contributed by atoms with Crippen LogP contribution in [0, 0.1) is 0 Å². The van der Waals surface area contributed by atoms with Crippen LogP contribution in [0.2, 0.25) is 0 Å². The number of furan rings is 1. The van der Waals surface area contributed by atoms with Crippen LogP contribution in [0.5, 0.6) is 0 Å². The molecule has 1 aliphatic heterocycles. The van der Waals surface area contributed by atoms with Gasteiger partial charge in [-0.05, 0) is 60.1 Å². The second kappa shape index (κ2) is 8.74. The molecule has 10 heteroatoms. The molecule has 1 fully saturated rings. The van der Waals surface area contributed by atoms with E-state index in [1.54, 1.807) is 24.5 Å². The van der Waals surface area contributed by atoms with E-state index in [-0.39, 0.29) is 23.1 Å². The van der Waals surface area contributed by atoms with Crippen LogP contribution >= 0.6 is 0 Å². The van der Waals surface area contributed by atoms with Crippen LogP contribution in [0.15, 0.2) is 69.4 Å². The summed E-state index contributed by atoms with van der Waals surface area (Å²) in [5.74, 6) is -1.09. The van der Waals surface area contributed by atoms with Crippen LogP contribution in [0.4, 0.5) is 5.69 Å². The lowest BCUT2D eigenvalue weighted by Crippen LogP contribution is -2.38. The van der Waals surface area contributed by atoms with E-state index >= 15 is 0 Å². The topological polar surface area (TPSA) is 138 Å². The van der Waals surface area contributed by atoms with Crippen molar-refractivity contribution in [2.45, 2.75) is 31.2 Å². The van der Waals surface area contributed by atoms with E-state index < -0.39 is 27.3 Å². The molecule has 188 valence electrons. The Bertz CT molecular complexity index is 1780. The molecule has 3 N–H and O–H groups in total. The van der Waals surface area contributed by atoms with Crippen molar-refractivity contribution in [1.82, 2.24) is 10.3 Å². The summed E-state index contributed by atoms with van der Waals surface area (Å²) in [5.41, 5.74) is 1.96. The molecule has 37 heavy (non-hydrogen) atoms. The Balaban J connectivity index is 1.37. The first-order valence-corrected chi connectivity index (χ1v) is 13.7. The number of aromatic amines is 1. The van der Waals surface area contributed by atoms with Crippen molar-refractivity contribution in [3.63, 3.8) is 0 Å². The number of benzene rings is 2. The quantitative estimate of drug-likeness (QED) is 0.368. The zero-order valence-corrected chi connectivity index (χ0v) is 20.4. The highest BCUT2D eigenvalue weighted by Crippen LogP contribution is 2.40. The lowest BCUT2D eigenvalue weighted by Gasteiger charge is -2.28. The number of rotatable bonds is 5. The minimum atomic E-state index is -3.36. The molecular formula is C27H23N3O6S. The second-order valence-corrected chi connectivity index (χ2v) is 11.4. The number of hydrogen-bond acceptors (Lipinski definition) is 6. The van der Waals surface area contributed by atoms with Gasteiger partial charge < -0.3 is 20.0 Å². The van der Waals surface area contributed by atoms with Crippen LogP contribution in [0.25, 0.3) is 21.9 Å². The zero-order valence-electron chi connectivity index (χ0n) is 19.6. The summed E-state index contributed by atoms with van der Waals surface area (Å²) in [6.45, 7) is 0. The van der Waals surface area contributed by atoms with Crippen molar-refractivity contribution >= 4 is 49.2 Å². The normalized spacial score (nSPS) is 18.6. The molecule has 1 saturated carbocycles. The van der Waals surface area contributed by atoms with Gasteiger partial charge in [0.05, 0.1) is 29.1 Å². The molecule has 0 unspecified atom stereocenters. The molecule has 4 aromatic rings. The fraction of sp³-hybridized carbons (Fsp3) is 0.222. The smallest absolute Gasteiger partial charge is 0.261 e. The highest BCUT2D eigenvalue weighted by Gasteiger charge is 2.28. The SMILES string of the molecule is O=C(N[C@@H]1C=CS(=O)(=O)C1)c1cc2ccc(C3CCC3)c(C(=O)Nc3ccc4ccoc4c3)c2[nH]c1=O. The third-order valence-corrected chi connectivity index (χ3v) is 8.43. The van der Waals surface area contributed by atoms with E-state index in [1.165, 1.54) is 12.1 Å². The highest BCUT2D eigenvalue weighted by molar-refractivity contribution is 7.94. The molecule has 9 nitrogen and oxygen atoms in total. The van der Waals surface area contributed by atoms with Crippen molar-refractivity contribution in [3.8, 4) is 0 Å². The van der Waals surface area contributed by atoms with Gasteiger partial charge in [-0.3, -0.25) is 14.4 Å². The molecule has 2 amide bonds. The average molecular weight is 518 g/mol. The van der Waals surface area contributed by atoms with Crippen molar-refractivity contribution < 1.29 is 22.4 Å². The number of nitrogens with one attached hydrogen (secondary N) is 3. The summed E-state index contributed by atoms with van der Waals surface area (Å²) in [6.07, 6.45) is 5.94. The van der Waals surface area contributed by atoms with Gasteiger partial charge in [0.2, 0.25) is 0 Å². The number of sulfone groups is 1. The van der Waals surface area contributed by atoms with E-state index in [2.05, 4.69) is 15.6 Å². The van der Waals surface area contributed by atoms with Crippen LogP contribution in [0.3, 0.4) is 0 Å². The average Bonchev–Trinajstić information content (AvgIpc) is 3.42. The number of H-pyrrole nitrogens is 1. The first kappa shape index (κ1) is 23.2. The van der Waals surface area contributed by atoms with Gasteiger partial charge in [0.25, 0.3) is 17.4 Å². The Hall–Kier alpha value is -4.18. The fourth-order valence-corrected chi connectivity index (χ4v) is 6.14. The Morgan fingerprint density at radius 2 is 1.81 bits per heavy atom. The summed E-state index contributed by atoms with van der Waals surface area (Å²) < 4.78 is 28.7. The number of carbonyl (C=O) groups is 2. The molecule has 2 aromatic heterocycles. The van der Waals surface area contributed by atoms with E-state index in [4.69, 9.17) is 4.42 Å². The maximum Gasteiger partial charge on any atom is 0.261 e. The molecule has 6 rings (SSSR count). The second-order valence-electron chi connectivity index (χ2n) is 9.50.